The Morgan fingerprint density at radius 2 is 1.75 bits per heavy atom. The Hall–Kier alpha value is -0.0200. The molecule has 0 heterocycles. The van der Waals surface area contributed by atoms with Gasteiger partial charge in [0, 0.05) is 0 Å². The van der Waals surface area contributed by atoms with Crippen molar-refractivity contribution >= 4 is 31.9 Å². The molecule has 66 valence electrons. The summed E-state index contributed by atoms with van der Waals surface area (Å²) in [6, 6.07) is 9.74. The van der Waals surface area contributed by atoms with Gasteiger partial charge in [-0.05, 0) is 35.0 Å². The van der Waals surface area contributed by atoms with Crippen LogP contribution < -0.4 is 4.74 Å². The lowest BCUT2D eigenvalue weighted by Gasteiger charge is -2.14. The van der Waals surface area contributed by atoms with Gasteiger partial charge in [0.15, 0.2) is 5.01 Å². The smallest absolute Gasteiger partial charge is 0.165 e. The van der Waals surface area contributed by atoms with Gasteiger partial charge < -0.3 is 4.74 Å². The summed E-state index contributed by atoms with van der Waals surface area (Å²) < 4.78 is 5.55. The topological polar surface area (TPSA) is 9.23 Å². The molecule has 0 aliphatic heterocycles. The van der Waals surface area contributed by atoms with Crippen LogP contribution in [0.25, 0.3) is 0 Å². The van der Waals surface area contributed by atoms with Gasteiger partial charge in [0.05, 0.1) is 4.83 Å². The minimum Gasteiger partial charge on any atom is -0.478 e. The highest BCUT2D eigenvalue weighted by atomic mass is 79.9. The van der Waals surface area contributed by atoms with E-state index in [1.54, 1.807) is 0 Å². The van der Waals surface area contributed by atoms with Crippen LogP contribution in [0.4, 0.5) is 0 Å². The molecule has 0 amide bonds. The van der Waals surface area contributed by atoms with E-state index in [1.807, 2.05) is 37.3 Å². The molecule has 12 heavy (non-hydrogen) atoms. The Morgan fingerprint density at radius 3 is 2.25 bits per heavy atom. The maximum absolute atomic E-state index is 5.55. The third-order valence-electron chi connectivity index (χ3n) is 1.35. The molecular weight excluding hydrogens is 284 g/mol. The maximum Gasteiger partial charge on any atom is 0.165 e. The third kappa shape index (κ3) is 3.15. The van der Waals surface area contributed by atoms with E-state index >= 15 is 0 Å². The van der Waals surface area contributed by atoms with Crippen molar-refractivity contribution in [3.63, 3.8) is 0 Å². The molecule has 1 rings (SSSR count). The van der Waals surface area contributed by atoms with Crippen LogP contribution in [0.3, 0.4) is 0 Å². The minimum atomic E-state index is 0.0138. The lowest BCUT2D eigenvalue weighted by molar-refractivity contribution is 0.297. The number of halogens is 2. The zero-order valence-corrected chi connectivity index (χ0v) is 9.88. The van der Waals surface area contributed by atoms with Crippen LogP contribution >= 0.6 is 31.9 Å². The van der Waals surface area contributed by atoms with Gasteiger partial charge in [-0.2, -0.15) is 0 Å². The monoisotopic (exact) mass is 292 g/mol. The fourth-order valence-corrected chi connectivity index (χ4v) is 1.05. The average Bonchev–Trinajstić information content (AvgIpc) is 2.06. The fraction of sp³-hybridized carbons (Fsp3) is 0.333. The summed E-state index contributed by atoms with van der Waals surface area (Å²) in [6.45, 7) is 2.03. The standard InChI is InChI=1S/C9H10Br2O/c1-7(10)9(11)12-8-5-3-2-4-6-8/h2-7,9H,1H3/t7-,9-/m1/s1. The second-order valence-electron chi connectivity index (χ2n) is 2.46. The van der Waals surface area contributed by atoms with Crippen molar-refractivity contribution in [3.05, 3.63) is 30.3 Å². The van der Waals surface area contributed by atoms with Crippen LogP contribution in [0.5, 0.6) is 5.75 Å². The molecule has 0 unspecified atom stereocenters. The Bertz CT molecular complexity index is 223. The minimum absolute atomic E-state index is 0.0138. The highest BCUT2D eigenvalue weighted by Gasteiger charge is 2.11. The normalized spacial score (nSPS) is 15.2. The zero-order valence-electron chi connectivity index (χ0n) is 6.71. The number of hydrogen-bond donors (Lipinski definition) is 0. The molecule has 0 aliphatic rings. The first-order valence-electron chi connectivity index (χ1n) is 3.70. The van der Waals surface area contributed by atoms with Gasteiger partial charge in [-0.1, -0.05) is 34.1 Å². The predicted molar refractivity (Wildman–Crippen MR) is 58.2 cm³/mol. The summed E-state index contributed by atoms with van der Waals surface area (Å²) in [5, 5.41) is 0.0138. The van der Waals surface area contributed by atoms with Crippen molar-refractivity contribution in [2.45, 2.75) is 16.8 Å². The largest absolute Gasteiger partial charge is 0.478 e. The third-order valence-corrected chi connectivity index (χ3v) is 3.52. The van der Waals surface area contributed by atoms with Crippen LogP contribution in [0.1, 0.15) is 6.92 Å². The zero-order chi connectivity index (χ0) is 8.97. The molecule has 3 heteroatoms. The summed E-state index contributed by atoms with van der Waals surface area (Å²) in [5.74, 6) is 0.880. The van der Waals surface area contributed by atoms with Crippen molar-refractivity contribution < 1.29 is 4.74 Å². The second kappa shape index (κ2) is 4.87. The van der Waals surface area contributed by atoms with E-state index in [1.165, 1.54) is 0 Å². The Labute approximate surface area is 89.4 Å². The first-order chi connectivity index (χ1) is 5.70. The summed E-state index contributed by atoms with van der Waals surface area (Å²) in [4.78, 5) is 0.290. The molecule has 0 aliphatic carbocycles. The first-order valence-corrected chi connectivity index (χ1v) is 5.53. The van der Waals surface area contributed by atoms with Gasteiger partial charge in [-0.3, -0.25) is 0 Å². The number of benzene rings is 1. The lowest BCUT2D eigenvalue weighted by Crippen LogP contribution is -2.17. The van der Waals surface area contributed by atoms with Crippen molar-refractivity contribution in [3.8, 4) is 5.75 Å². The van der Waals surface area contributed by atoms with E-state index in [0.29, 0.717) is 0 Å². The summed E-state index contributed by atoms with van der Waals surface area (Å²) in [6.07, 6.45) is 0. The fourth-order valence-electron chi connectivity index (χ4n) is 0.723. The molecule has 0 aromatic heterocycles. The average molecular weight is 294 g/mol. The van der Waals surface area contributed by atoms with Gasteiger partial charge in [0.2, 0.25) is 0 Å². The molecule has 1 aromatic carbocycles. The molecule has 0 fully saturated rings. The van der Waals surface area contributed by atoms with E-state index in [0.717, 1.165) is 5.75 Å². The Balaban J connectivity index is 2.53. The highest BCUT2D eigenvalue weighted by Crippen LogP contribution is 2.19. The lowest BCUT2D eigenvalue weighted by atomic mass is 10.3. The number of hydrogen-bond acceptors (Lipinski definition) is 1. The molecule has 1 nitrogen and oxygen atoms in total. The van der Waals surface area contributed by atoms with Crippen LogP contribution in [0.15, 0.2) is 30.3 Å². The van der Waals surface area contributed by atoms with Crippen LogP contribution in [-0.2, 0) is 0 Å². The quantitative estimate of drug-likeness (QED) is 0.774. The number of para-hydroxylation sites is 1. The van der Waals surface area contributed by atoms with Crippen molar-refractivity contribution in [2.24, 2.45) is 0 Å². The molecule has 0 bridgehead atoms. The second-order valence-corrected chi connectivity index (χ2v) is 4.81. The number of alkyl halides is 2. The van der Waals surface area contributed by atoms with Gasteiger partial charge >= 0.3 is 0 Å². The van der Waals surface area contributed by atoms with Crippen LogP contribution in [0, 0.1) is 0 Å². The number of rotatable bonds is 3. The van der Waals surface area contributed by atoms with E-state index < -0.39 is 0 Å². The summed E-state index contributed by atoms with van der Waals surface area (Å²) in [7, 11) is 0. The maximum atomic E-state index is 5.55. The van der Waals surface area contributed by atoms with Crippen molar-refractivity contribution in [2.75, 3.05) is 0 Å². The summed E-state index contributed by atoms with van der Waals surface area (Å²) in [5.41, 5.74) is 0. The Kier molecular flexibility index (Phi) is 4.09. The van der Waals surface area contributed by atoms with Gasteiger partial charge in [-0.25, -0.2) is 0 Å². The molecule has 0 spiro atoms. The van der Waals surface area contributed by atoms with Gasteiger partial charge in [0.25, 0.3) is 0 Å². The molecule has 0 saturated carbocycles. The molecule has 0 N–H and O–H groups in total. The highest BCUT2D eigenvalue weighted by molar-refractivity contribution is 9.12. The molecule has 0 radical (unpaired) electrons. The van der Waals surface area contributed by atoms with Crippen LogP contribution in [-0.4, -0.2) is 9.84 Å². The van der Waals surface area contributed by atoms with Gasteiger partial charge in [0.1, 0.15) is 5.75 Å². The molecule has 0 saturated heterocycles. The van der Waals surface area contributed by atoms with E-state index in [2.05, 4.69) is 31.9 Å². The molecule has 2 atom stereocenters. The molecule has 1 aromatic rings. The van der Waals surface area contributed by atoms with Crippen LogP contribution in [0.2, 0.25) is 0 Å². The van der Waals surface area contributed by atoms with E-state index in [-0.39, 0.29) is 9.84 Å². The van der Waals surface area contributed by atoms with Crippen molar-refractivity contribution in [1.82, 2.24) is 0 Å². The SMILES string of the molecule is C[C@@H](Br)[C@H](Br)Oc1ccccc1. The summed E-state index contributed by atoms with van der Waals surface area (Å²) >= 11 is 6.84. The van der Waals surface area contributed by atoms with Crippen molar-refractivity contribution in [1.29, 1.82) is 0 Å². The van der Waals surface area contributed by atoms with Gasteiger partial charge in [-0.15, -0.1) is 0 Å². The van der Waals surface area contributed by atoms with E-state index in [4.69, 9.17) is 4.74 Å². The number of ether oxygens (including phenoxy) is 1. The first kappa shape index (κ1) is 10.1. The van der Waals surface area contributed by atoms with E-state index in [9.17, 15) is 0 Å². The molecular formula is C9H10Br2O. The predicted octanol–water partition coefficient (Wildman–Crippen LogP) is 3.57. The Morgan fingerprint density at radius 1 is 1.17 bits per heavy atom.